The second-order valence-electron chi connectivity index (χ2n) is 5.57. The normalized spacial score (nSPS) is 24.4. The molecule has 0 spiro atoms. The van der Waals surface area contributed by atoms with Gasteiger partial charge in [0.25, 0.3) is 0 Å². The SMILES string of the molecule is CC1CC(n2c(C(C)Cl)nc3cc(F)c(Br)cc32)CCO1. The molecule has 3 nitrogen and oxygen atoms in total. The van der Waals surface area contributed by atoms with Crippen molar-refractivity contribution in [1.82, 2.24) is 9.55 Å². The first-order chi connectivity index (χ1) is 9.97. The average Bonchev–Trinajstić information content (AvgIpc) is 2.78. The summed E-state index contributed by atoms with van der Waals surface area (Å²) in [4.78, 5) is 4.54. The molecule has 1 saturated heterocycles. The second-order valence-corrected chi connectivity index (χ2v) is 7.08. The fourth-order valence-electron chi connectivity index (χ4n) is 2.98. The summed E-state index contributed by atoms with van der Waals surface area (Å²) < 4.78 is 22.0. The Balaban J connectivity index is 2.17. The molecule has 1 aromatic heterocycles. The maximum absolute atomic E-state index is 13.7. The van der Waals surface area contributed by atoms with Gasteiger partial charge in [0.2, 0.25) is 0 Å². The lowest BCUT2D eigenvalue weighted by Crippen LogP contribution is -2.26. The molecular weight excluding hydrogens is 359 g/mol. The number of imidazole rings is 1. The average molecular weight is 376 g/mol. The molecule has 6 heteroatoms. The van der Waals surface area contributed by atoms with Crippen LogP contribution in [0.1, 0.15) is 43.9 Å². The molecule has 0 saturated carbocycles. The molecule has 3 rings (SSSR count). The van der Waals surface area contributed by atoms with Crippen molar-refractivity contribution in [2.75, 3.05) is 6.61 Å². The highest BCUT2D eigenvalue weighted by Crippen LogP contribution is 2.35. The largest absolute Gasteiger partial charge is 0.378 e. The third-order valence-electron chi connectivity index (χ3n) is 3.94. The zero-order chi connectivity index (χ0) is 15.1. The van der Waals surface area contributed by atoms with Gasteiger partial charge in [-0.25, -0.2) is 9.37 Å². The molecule has 3 unspecified atom stereocenters. The number of ether oxygens (including phenoxy) is 1. The third kappa shape index (κ3) is 2.83. The molecule has 2 heterocycles. The molecule has 1 aliphatic rings. The molecule has 2 aromatic rings. The maximum atomic E-state index is 13.7. The van der Waals surface area contributed by atoms with Gasteiger partial charge in [0, 0.05) is 18.7 Å². The molecule has 1 aromatic carbocycles. The molecule has 0 radical (unpaired) electrons. The van der Waals surface area contributed by atoms with Crippen LogP contribution in [0.5, 0.6) is 0 Å². The Kier molecular flexibility index (Phi) is 4.26. The van der Waals surface area contributed by atoms with Crippen LogP contribution in [-0.2, 0) is 4.74 Å². The number of halogens is 3. The van der Waals surface area contributed by atoms with Crippen molar-refractivity contribution < 1.29 is 9.13 Å². The molecule has 3 atom stereocenters. The van der Waals surface area contributed by atoms with Crippen LogP contribution < -0.4 is 0 Å². The van der Waals surface area contributed by atoms with Crippen LogP contribution in [-0.4, -0.2) is 22.3 Å². The van der Waals surface area contributed by atoms with Crippen molar-refractivity contribution in [3.05, 3.63) is 28.2 Å². The Morgan fingerprint density at radius 3 is 2.95 bits per heavy atom. The van der Waals surface area contributed by atoms with Crippen molar-refractivity contribution in [3.8, 4) is 0 Å². The highest BCUT2D eigenvalue weighted by atomic mass is 79.9. The summed E-state index contributed by atoms with van der Waals surface area (Å²) >= 11 is 9.55. The van der Waals surface area contributed by atoms with E-state index >= 15 is 0 Å². The smallest absolute Gasteiger partial charge is 0.139 e. The van der Waals surface area contributed by atoms with Gasteiger partial charge in [0.15, 0.2) is 0 Å². The lowest BCUT2D eigenvalue weighted by atomic mass is 10.0. The van der Waals surface area contributed by atoms with E-state index in [2.05, 4.69) is 32.4 Å². The van der Waals surface area contributed by atoms with E-state index in [-0.39, 0.29) is 23.3 Å². The van der Waals surface area contributed by atoms with Crippen LogP contribution in [0.15, 0.2) is 16.6 Å². The van der Waals surface area contributed by atoms with E-state index in [1.54, 1.807) is 6.07 Å². The van der Waals surface area contributed by atoms with Gasteiger partial charge in [-0.05, 0) is 48.7 Å². The molecule has 1 aliphatic heterocycles. The molecule has 21 heavy (non-hydrogen) atoms. The van der Waals surface area contributed by atoms with Crippen LogP contribution in [0.4, 0.5) is 4.39 Å². The first kappa shape index (κ1) is 15.3. The van der Waals surface area contributed by atoms with E-state index in [0.29, 0.717) is 9.99 Å². The molecule has 0 aliphatic carbocycles. The maximum Gasteiger partial charge on any atom is 0.139 e. The minimum absolute atomic E-state index is 0.212. The molecular formula is C15H17BrClFN2O. The van der Waals surface area contributed by atoms with Gasteiger partial charge >= 0.3 is 0 Å². The highest BCUT2D eigenvalue weighted by molar-refractivity contribution is 9.10. The minimum Gasteiger partial charge on any atom is -0.378 e. The van der Waals surface area contributed by atoms with Crippen LogP contribution in [0.2, 0.25) is 0 Å². The van der Waals surface area contributed by atoms with E-state index in [4.69, 9.17) is 16.3 Å². The fourth-order valence-corrected chi connectivity index (χ4v) is 3.47. The van der Waals surface area contributed by atoms with Gasteiger partial charge in [0.1, 0.15) is 11.6 Å². The van der Waals surface area contributed by atoms with Crippen LogP contribution in [0, 0.1) is 5.82 Å². The first-order valence-electron chi connectivity index (χ1n) is 7.10. The van der Waals surface area contributed by atoms with Gasteiger partial charge in [-0.3, -0.25) is 0 Å². The van der Waals surface area contributed by atoms with Gasteiger partial charge in [-0.1, -0.05) is 0 Å². The van der Waals surface area contributed by atoms with Crippen molar-refractivity contribution in [2.24, 2.45) is 0 Å². The number of hydrogen-bond acceptors (Lipinski definition) is 2. The number of nitrogens with zero attached hydrogens (tertiary/aromatic N) is 2. The zero-order valence-electron chi connectivity index (χ0n) is 11.9. The summed E-state index contributed by atoms with van der Waals surface area (Å²) in [7, 11) is 0. The van der Waals surface area contributed by atoms with E-state index < -0.39 is 0 Å². The predicted octanol–water partition coefficient (Wildman–Crippen LogP) is 4.98. The first-order valence-corrected chi connectivity index (χ1v) is 8.33. The Morgan fingerprint density at radius 2 is 2.29 bits per heavy atom. The lowest BCUT2D eigenvalue weighted by Gasteiger charge is -2.30. The van der Waals surface area contributed by atoms with Gasteiger partial charge in [0.05, 0.1) is 27.0 Å². The van der Waals surface area contributed by atoms with Crippen LogP contribution in [0.25, 0.3) is 11.0 Å². The topological polar surface area (TPSA) is 27.1 Å². The standard InChI is InChI=1S/C15H17BrClFN2O/c1-8-5-10(3-4-21-8)20-14-6-11(16)12(18)7-13(14)19-15(20)9(2)17/h6-10H,3-5H2,1-2H3. The summed E-state index contributed by atoms with van der Waals surface area (Å²) in [6, 6.07) is 3.54. The number of benzene rings is 1. The Morgan fingerprint density at radius 1 is 1.52 bits per heavy atom. The van der Waals surface area contributed by atoms with Crippen LogP contribution in [0.3, 0.4) is 0 Å². The molecule has 0 amide bonds. The third-order valence-corrected chi connectivity index (χ3v) is 4.74. The van der Waals surface area contributed by atoms with Gasteiger partial charge in [-0.15, -0.1) is 11.6 Å². The summed E-state index contributed by atoms with van der Waals surface area (Å²) in [5.74, 6) is 0.490. The number of aromatic nitrogens is 2. The van der Waals surface area contributed by atoms with E-state index in [9.17, 15) is 4.39 Å². The number of hydrogen-bond donors (Lipinski definition) is 0. The molecule has 0 N–H and O–H groups in total. The summed E-state index contributed by atoms with van der Waals surface area (Å²) in [5.41, 5.74) is 1.57. The molecule has 114 valence electrons. The summed E-state index contributed by atoms with van der Waals surface area (Å²) in [5, 5.41) is -0.225. The van der Waals surface area contributed by atoms with Gasteiger partial charge < -0.3 is 9.30 Å². The zero-order valence-corrected chi connectivity index (χ0v) is 14.3. The number of alkyl halides is 1. The van der Waals surface area contributed by atoms with Crippen molar-refractivity contribution in [2.45, 2.75) is 44.2 Å². The molecule has 1 fully saturated rings. The quantitative estimate of drug-likeness (QED) is 0.692. The lowest BCUT2D eigenvalue weighted by molar-refractivity contribution is 0.00621. The summed E-state index contributed by atoms with van der Waals surface area (Å²) in [6.45, 7) is 4.70. The Hall–Kier alpha value is -0.650. The molecule has 0 bridgehead atoms. The Bertz CT molecular complexity index is 673. The number of rotatable bonds is 2. The second kappa shape index (κ2) is 5.86. The van der Waals surface area contributed by atoms with E-state index in [1.165, 1.54) is 6.07 Å². The van der Waals surface area contributed by atoms with Crippen molar-refractivity contribution in [3.63, 3.8) is 0 Å². The van der Waals surface area contributed by atoms with E-state index in [1.807, 2.05) is 6.92 Å². The van der Waals surface area contributed by atoms with Crippen molar-refractivity contribution in [1.29, 1.82) is 0 Å². The number of fused-ring (bicyclic) bond motifs is 1. The van der Waals surface area contributed by atoms with Crippen LogP contribution >= 0.6 is 27.5 Å². The highest BCUT2D eigenvalue weighted by Gasteiger charge is 2.27. The monoisotopic (exact) mass is 374 g/mol. The van der Waals surface area contributed by atoms with Gasteiger partial charge in [-0.2, -0.15) is 0 Å². The predicted molar refractivity (Wildman–Crippen MR) is 85.3 cm³/mol. The summed E-state index contributed by atoms with van der Waals surface area (Å²) in [6.07, 6.45) is 2.04. The fraction of sp³-hybridized carbons (Fsp3) is 0.533. The minimum atomic E-state index is -0.304. The Labute approximate surface area is 136 Å². The van der Waals surface area contributed by atoms with E-state index in [0.717, 1.165) is 30.8 Å². The van der Waals surface area contributed by atoms with Crippen molar-refractivity contribution >= 4 is 38.6 Å².